The highest BCUT2D eigenvalue weighted by Gasteiger charge is 2.07. The normalized spacial score (nSPS) is 9.72. The number of nitriles is 1. The van der Waals surface area contributed by atoms with Gasteiger partial charge in [0.05, 0.1) is 16.6 Å². The average molecular weight is 239 g/mol. The number of hydrogen-bond acceptors (Lipinski definition) is 4. The number of anilines is 1. The highest BCUT2D eigenvalue weighted by molar-refractivity contribution is 5.77. The van der Waals surface area contributed by atoms with Gasteiger partial charge in [0, 0.05) is 23.4 Å². The monoisotopic (exact) mass is 239 g/mol. The molecule has 0 spiro atoms. The summed E-state index contributed by atoms with van der Waals surface area (Å²) in [5.74, 6) is 0. The van der Waals surface area contributed by atoms with Gasteiger partial charge in [0.1, 0.15) is 0 Å². The lowest BCUT2D eigenvalue weighted by Gasteiger charge is -2.05. The predicted octanol–water partition coefficient (Wildman–Crippen LogP) is 2.72. The molecule has 0 radical (unpaired) electrons. The van der Waals surface area contributed by atoms with Crippen LogP contribution in [0.3, 0.4) is 0 Å². The van der Waals surface area contributed by atoms with Crippen LogP contribution in [0.15, 0.2) is 42.5 Å². The third-order valence-electron chi connectivity index (χ3n) is 2.57. The van der Waals surface area contributed by atoms with Gasteiger partial charge < -0.3 is 5.73 Å². The van der Waals surface area contributed by atoms with Crippen LogP contribution in [-0.2, 0) is 0 Å². The van der Waals surface area contributed by atoms with Crippen LogP contribution < -0.4 is 5.73 Å². The van der Waals surface area contributed by atoms with Crippen molar-refractivity contribution in [2.75, 3.05) is 5.73 Å². The van der Waals surface area contributed by atoms with Gasteiger partial charge in [0.25, 0.3) is 5.69 Å². The van der Waals surface area contributed by atoms with Gasteiger partial charge >= 0.3 is 0 Å². The lowest BCUT2D eigenvalue weighted by molar-refractivity contribution is -0.384. The van der Waals surface area contributed by atoms with E-state index >= 15 is 0 Å². The van der Waals surface area contributed by atoms with E-state index in [0.717, 1.165) is 11.1 Å². The van der Waals surface area contributed by atoms with Gasteiger partial charge in [0.2, 0.25) is 0 Å². The topological polar surface area (TPSA) is 92.9 Å². The molecule has 0 fully saturated rings. The minimum atomic E-state index is -0.452. The SMILES string of the molecule is N#Cc1ccc(-c2ccc([N+](=O)[O-])cc2)c(N)c1. The van der Waals surface area contributed by atoms with Gasteiger partial charge in [-0.25, -0.2) is 0 Å². The summed E-state index contributed by atoms with van der Waals surface area (Å²) in [5, 5.41) is 19.3. The first-order valence-electron chi connectivity index (χ1n) is 5.16. The minimum Gasteiger partial charge on any atom is -0.398 e. The quantitative estimate of drug-likeness (QED) is 0.495. The zero-order valence-corrected chi connectivity index (χ0v) is 9.33. The van der Waals surface area contributed by atoms with Gasteiger partial charge in [-0.15, -0.1) is 0 Å². The molecule has 0 aliphatic rings. The van der Waals surface area contributed by atoms with Gasteiger partial charge in [-0.2, -0.15) is 5.26 Å². The van der Waals surface area contributed by atoms with E-state index in [1.54, 1.807) is 30.3 Å². The fourth-order valence-corrected chi connectivity index (χ4v) is 1.66. The minimum absolute atomic E-state index is 0.0333. The van der Waals surface area contributed by atoms with Gasteiger partial charge in [-0.3, -0.25) is 10.1 Å². The Balaban J connectivity index is 2.43. The maximum absolute atomic E-state index is 10.5. The van der Waals surface area contributed by atoms with Crippen LogP contribution in [0.1, 0.15) is 5.56 Å². The van der Waals surface area contributed by atoms with Crippen LogP contribution >= 0.6 is 0 Å². The van der Waals surface area contributed by atoms with Gasteiger partial charge in [-0.1, -0.05) is 6.07 Å². The summed E-state index contributed by atoms with van der Waals surface area (Å²) < 4.78 is 0. The second-order valence-corrected chi connectivity index (χ2v) is 3.72. The number of hydrogen-bond donors (Lipinski definition) is 1. The van der Waals surface area contributed by atoms with Gasteiger partial charge in [-0.05, 0) is 29.8 Å². The van der Waals surface area contributed by atoms with Crippen LogP contribution in [0.5, 0.6) is 0 Å². The van der Waals surface area contributed by atoms with Crippen LogP contribution in [0.25, 0.3) is 11.1 Å². The van der Waals surface area contributed by atoms with Crippen molar-refractivity contribution >= 4 is 11.4 Å². The summed E-state index contributed by atoms with van der Waals surface area (Å²) in [4.78, 5) is 10.1. The number of rotatable bonds is 2. The zero-order chi connectivity index (χ0) is 13.1. The molecule has 0 aliphatic heterocycles. The first-order valence-corrected chi connectivity index (χ1v) is 5.16. The largest absolute Gasteiger partial charge is 0.398 e. The molecule has 2 rings (SSSR count). The molecule has 0 aromatic heterocycles. The molecular formula is C13H9N3O2. The Bertz CT molecular complexity index is 642. The Kier molecular flexibility index (Phi) is 2.94. The fraction of sp³-hybridized carbons (Fsp3) is 0. The number of nitro groups is 1. The smallest absolute Gasteiger partial charge is 0.269 e. The maximum atomic E-state index is 10.5. The van der Waals surface area contributed by atoms with Gasteiger partial charge in [0.15, 0.2) is 0 Å². The molecule has 2 aromatic rings. The van der Waals surface area contributed by atoms with E-state index in [-0.39, 0.29) is 5.69 Å². The molecule has 0 heterocycles. The standard InChI is InChI=1S/C13H9N3O2/c14-8-9-1-6-12(13(15)7-9)10-2-4-11(5-3-10)16(17)18/h1-7H,15H2. The van der Waals surface area contributed by atoms with Crippen molar-refractivity contribution in [2.24, 2.45) is 0 Å². The Morgan fingerprint density at radius 3 is 2.33 bits per heavy atom. The lowest BCUT2D eigenvalue weighted by Crippen LogP contribution is -1.92. The molecular weight excluding hydrogens is 230 g/mol. The van der Waals surface area contributed by atoms with E-state index in [2.05, 4.69) is 0 Å². The predicted molar refractivity (Wildman–Crippen MR) is 67.7 cm³/mol. The molecule has 0 saturated carbocycles. The van der Waals surface area contributed by atoms with Crippen LogP contribution in [0, 0.1) is 21.4 Å². The Hall–Kier alpha value is -2.87. The number of nitrogen functional groups attached to an aromatic ring is 1. The molecule has 0 bridgehead atoms. The molecule has 88 valence electrons. The van der Waals surface area contributed by atoms with Crippen LogP contribution in [0.4, 0.5) is 11.4 Å². The Morgan fingerprint density at radius 1 is 1.17 bits per heavy atom. The van der Waals surface area contributed by atoms with Crippen molar-refractivity contribution in [1.29, 1.82) is 5.26 Å². The van der Waals surface area contributed by atoms with Crippen molar-refractivity contribution in [3.05, 3.63) is 58.1 Å². The molecule has 0 unspecified atom stereocenters. The first-order chi connectivity index (χ1) is 8.61. The number of non-ortho nitro benzene ring substituents is 1. The summed E-state index contributed by atoms with van der Waals surface area (Å²) in [6, 6.07) is 13.1. The van der Waals surface area contributed by atoms with Crippen molar-refractivity contribution < 1.29 is 4.92 Å². The zero-order valence-electron chi connectivity index (χ0n) is 9.33. The maximum Gasteiger partial charge on any atom is 0.269 e. The molecule has 0 amide bonds. The highest BCUT2D eigenvalue weighted by Crippen LogP contribution is 2.28. The summed E-state index contributed by atoms with van der Waals surface area (Å²) in [6.07, 6.45) is 0. The fourth-order valence-electron chi connectivity index (χ4n) is 1.66. The van der Waals surface area contributed by atoms with E-state index in [0.29, 0.717) is 11.3 Å². The second-order valence-electron chi connectivity index (χ2n) is 3.72. The van der Waals surface area contributed by atoms with Crippen molar-refractivity contribution in [3.8, 4) is 17.2 Å². The number of nitrogens with zero attached hydrogens (tertiary/aromatic N) is 2. The Morgan fingerprint density at radius 2 is 1.83 bits per heavy atom. The van der Waals surface area contributed by atoms with E-state index < -0.39 is 4.92 Å². The van der Waals surface area contributed by atoms with E-state index in [4.69, 9.17) is 11.0 Å². The molecule has 5 heteroatoms. The molecule has 0 aliphatic carbocycles. The highest BCUT2D eigenvalue weighted by atomic mass is 16.6. The molecule has 5 nitrogen and oxygen atoms in total. The summed E-state index contributed by atoms with van der Waals surface area (Å²) in [6.45, 7) is 0. The van der Waals surface area contributed by atoms with E-state index in [9.17, 15) is 10.1 Å². The third kappa shape index (κ3) is 2.13. The number of nitro benzene ring substituents is 1. The summed E-state index contributed by atoms with van der Waals surface area (Å²) in [5.41, 5.74) is 8.37. The van der Waals surface area contributed by atoms with Crippen LogP contribution in [-0.4, -0.2) is 4.92 Å². The summed E-state index contributed by atoms with van der Waals surface area (Å²) >= 11 is 0. The van der Waals surface area contributed by atoms with Crippen molar-refractivity contribution in [2.45, 2.75) is 0 Å². The third-order valence-corrected chi connectivity index (χ3v) is 2.57. The molecule has 2 N–H and O–H groups in total. The molecule has 0 atom stereocenters. The molecule has 2 aromatic carbocycles. The van der Waals surface area contributed by atoms with E-state index in [1.165, 1.54) is 12.1 Å². The second kappa shape index (κ2) is 4.55. The van der Waals surface area contributed by atoms with Crippen molar-refractivity contribution in [3.63, 3.8) is 0 Å². The van der Waals surface area contributed by atoms with Crippen molar-refractivity contribution in [1.82, 2.24) is 0 Å². The first kappa shape index (κ1) is 11.6. The lowest BCUT2D eigenvalue weighted by atomic mass is 10.0. The Labute approximate surface area is 103 Å². The number of nitrogens with two attached hydrogens (primary N) is 1. The molecule has 18 heavy (non-hydrogen) atoms. The summed E-state index contributed by atoms with van der Waals surface area (Å²) in [7, 11) is 0. The molecule has 0 saturated heterocycles. The van der Waals surface area contributed by atoms with Crippen LogP contribution in [0.2, 0.25) is 0 Å². The van der Waals surface area contributed by atoms with E-state index in [1.807, 2.05) is 6.07 Å². The number of benzene rings is 2. The average Bonchev–Trinajstić information content (AvgIpc) is 2.38.